The predicted molar refractivity (Wildman–Crippen MR) is 79.5 cm³/mol. The second-order valence-corrected chi connectivity index (χ2v) is 6.12. The molecule has 112 valence electrons. The Labute approximate surface area is 120 Å². The van der Waals surface area contributed by atoms with E-state index in [1.54, 1.807) is 19.1 Å². The molecular weight excluding hydrogens is 254 g/mol. The Bertz CT molecular complexity index is 441. The third-order valence-electron chi connectivity index (χ3n) is 3.23. The first-order chi connectivity index (χ1) is 9.30. The van der Waals surface area contributed by atoms with Crippen molar-refractivity contribution in [2.45, 2.75) is 46.1 Å². The van der Waals surface area contributed by atoms with Crippen molar-refractivity contribution < 1.29 is 15.0 Å². The Morgan fingerprint density at radius 1 is 1.35 bits per heavy atom. The molecular formula is C16H25NO3. The molecule has 0 heterocycles. The number of aryl methyl sites for hydroxylation is 1. The second kappa shape index (κ2) is 7.29. The van der Waals surface area contributed by atoms with Crippen LogP contribution >= 0.6 is 0 Å². The van der Waals surface area contributed by atoms with Gasteiger partial charge in [0, 0.05) is 13.0 Å². The zero-order valence-electron chi connectivity index (χ0n) is 12.5. The minimum absolute atomic E-state index is 0.0353. The number of carbonyl (C=O) groups excluding carboxylic acids is 1. The van der Waals surface area contributed by atoms with Crippen molar-refractivity contribution in [3.05, 3.63) is 29.8 Å². The average molecular weight is 279 g/mol. The van der Waals surface area contributed by atoms with E-state index in [0.717, 1.165) is 5.56 Å². The number of nitrogens with one attached hydrogen (secondary N) is 1. The molecule has 4 nitrogen and oxygen atoms in total. The number of carbonyl (C=O) groups is 1. The summed E-state index contributed by atoms with van der Waals surface area (Å²) in [6.07, 6.45) is 1.15. The summed E-state index contributed by atoms with van der Waals surface area (Å²) in [5, 5.41) is 21.9. The van der Waals surface area contributed by atoms with Gasteiger partial charge in [-0.3, -0.25) is 4.79 Å². The number of hydrogen-bond acceptors (Lipinski definition) is 3. The molecule has 4 heteroatoms. The van der Waals surface area contributed by atoms with Crippen LogP contribution in [0.3, 0.4) is 0 Å². The van der Waals surface area contributed by atoms with Crippen molar-refractivity contribution in [1.29, 1.82) is 0 Å². The van der Waals surface area contributed by atoms with Crippen LogP contribution in [-0.2, 0) is 11.2 Å². The summed E-state index contributed by atoms with van der Waals surface area (Å²) in [4.78, 5) is 11.8. The van der Waals surface area contributed by atoms with Crippen molar-refractivity contribution in [1.82, 2.24) is 5.32 Å². The molecule has 0 radical (unpaired) electrons. The lowest BCUT2D eigenvalue weighted by Crippen LogP contribution is -2.35. The van der Waals surface area contributed by atoms with E-state index in [1.165, 1.54) is 0 Å². The van der Waals surface area contributed by atoms with Gasteiger partial charge in [0.15, 0.2) is 0 Å². The molecule has 3 N–H and O–H groups in total. The molecule has 0 aliphatic heterocycles. The van der Waals surface area contributed by atoms with Gasteiger partial charge in [-0.25, -0.2) is 0 Å². The summed E-state index contributed by atoms with van der Waals surface area (Å²) in [5.74, 6) is 0.196. The van der Waals surface area contributed by atoms with Gasteiger partial charge >= 0.3 is 0 Å². The first kappa shape index (κ1) is 16.5. The number of aliphatic hydroxyl groups is 1. The van der Waals surface area contributed by atoms with Gasteiger partial charge < -0.3 is 15.5 Å². The van der Waals surface area contributed by atoms with E-state index in [9.17, 15) is 15.0 Å². The first-order valence-corrected chi connectivity index (χ1v) is 7.02. The van der Waals surface area contributed by atoms with Gasteiger partial charge in [-0.05, 0) is 36.8 Å². The maximum Gasteiger partial charge on any atom is 0.220 e. The number of para-hydroxylation sites is 1. The van der Waals surface area contributed by atoms with Crippen LogP contribution < -0.4 is 5.32 Å². The number of phenols is 1. The van der Waals surface area contributed by atoms with Crippen molar-refractivity contribution in [2.75, 3.05) is 6.54 Å². The number of benzene rings is 1. The Morgan fingerprint density at radius 3 is 2.60 bits per heavy atom. The molecule has 1 aromatic carbocycles. The fourth-order valence-electron chi connectivity index (χ4n) is 2.27. The van der Waals surface area contributed by atoms with E-state index in [4.69, 9.17) is 0 Å². The van der Waals surface area contributed by atoms with E-state index >= 15 is 0 Å². The Kier molecular flexibility index (Phi) is 6.02. The predicted octanol–water partition coefficient (Wildman–Crippen LogP) is 2.24. The van der Waals surface area contributed by atoms with Gasteiger partial charge in [-0.2, -0.15) is 0 Å². The summed E-state index contributed by atoms with van der Waals surface area (Å²) >= 11 is 0. The SMILES string of the molecule is CC(O)CC(C)(C)CNC(=O)CCc1ccccc1O. The highest BCUT2D eigenvalue weighted by atomic mass is 16.3. The monoisotopic (exact) mass is 279 g/mol. The summed E-state index contributed by atoms with van der Waals surface area (Å²) in [6.45, 7) is 6.32. The lowest BCUT2D eigenvalue weighted by molar-refractivity contribution is -0.121. The Balaban J connectivity index is 2.36. The number of hydrogen-bond donors (Lipinski definition) is 3. The molecule has 0 fully saturated rings. The molecule has 0 spiro atoms. The van der Waals surface area contributed by atoms with Crippen molar-refractivity contribution >= 4 is 5.91 Å². The van der Waals surface area contributed by atoms with Crippen LogP contribution in [0.25, 0.3) is 0 Å². The fraction of sp³-hybridized carbons (Fsp3) is 0.562. The van der Waals surface area contributed by atoms with Gasteiger partial charge in [-0.15, -0.1) is 0 Å². The molecule has 1 amide bonds. The number of aromatic hydroxyl groups is 1. The average Bonchev–Trinajstić information content (AvgIpc) is 2.34. The minimum Gasteiger partial charge on any atom is -0.508 e. The topological polar surface area (TPSA) is 69.6 Å². The smallest absolute Gasteiger partial charge is 0.220 e. The van der Waals surface area contributed by atoms with E-state index < -0.39 is 0 Å². The molecule has 0 saturated carbocycles. The third kappa shape index (κ3) is 6.06. The van der Waals surface area contributed by atoms with Crippen LogP contribution in [0.15, 0.2) is 24.3 Å². The summed E-state index contributed by atoms with van der Waals surface area (Å²) in [7, 11) is 0. The van der Waals surface area contributed by atoms with E-state index in [-0.39, 0.29) is 23.2 Å². The Morgan fingerprint density at radius 2 is 2.00 bits per heavy atom. The normalized spacial score (nSPS) is 13.0. The van der Waals surface area contributed by atoms with Crippen LogP contribution in [0.1, 0.15) is 39.2 Å². The summed E-state index contributed by atoms with van der Waals surface area (Å²) in [5.41, 5.74) is 0.657. The highest BCUT2D eigenvalue weighted by Gasteiger charge is 2.21. The zero-order valence-corrected chi connectivity index (χ0v) is 12.5. The van der Waals surface area contributed by atoms with Gasteiger partial charge in [0.2, 0.25) is 5.91 Å². The molecule has 0 saturated heterocycles. The number of phenolic OH excluding ortho intramolecular Hbond substituents is 1. The van der Waals surface area contributed by atoms with Gasteiger partial charge in [0.25, 0.3) is 0 Å². The molecule has 0 aromatic heterocycles. The van der Waals surface area contributed by atoms with Crippen molar-refractivity contribution in [2.24, 2.45) is 5.41 Å². The molecule has 1 atom stereocenters. The van der Waals surface area contributed by atoms with Gasteiger partial charge in [0.1, 0.15) is 5.75 Å². The van der Waals surface area contributed by atoms with Crippen molar-refractivity contribution in [3.8, 4) is 5.75 Å². The highest BCUT2D eigenvalue weighted by Crippen LogP contribution is 2.21. The molecule has 0 bridgehead atoms. The number of rotatable bonds is 7. The van der Waals surface area contributed by atoms with Crippen LogP contribution in [0.5, 0.6) is 5.75 Å². The fourth-order valence-corrected chi connectivity index (χ4v) is 2.27. The Hall–Kier alpha value is -1.55. The number of amides is 1. The molecule has 0 aliphatic carbocycles. The largest absolute Gasteiger partial charge is 0.508 e. The quantitative estimate of drug-likeness (QED) is 0.717. The lowest BCUT2D eigenvalue weighted by atomic mass is 9.87. The van der Waals surface area contributed by atoms with Gasteiger partial charge in [-0.1, -0.05) is 32.0 Å². The van der Waals surface area contributed by atoms with E-state index in [2.05, 4.69) is 5.32 Å². The standard InChI is InChI=1S/C16H25NO3/c1-12(18)10-16(2,3)11-17-15(20)9-8-13-6-4-5-7-14(13)19/h4-7,12,18-19H,8-11H2,1-3H3,(H,17,20). The third-order valence-corrected chi connectivity index (χ3v) is 3.23. The van der Waals surface area contributed by atoms with Crippen LogP contribution in [-0.4, -0.2) is 28.8 Å². The number of aliphatic hydroxyl groups excluding tert-OH is 1. The molecule has 1 unspecified atom stereocenters. The maximum absolute atomic E-state index is 11.8. The minimum atomic E-state index is -0.372. The summed E-state index contributed by atoms with van der Waals surface area (Å²) < 4.78 is 0. The maximum atomic E-state index is 11.8. The molecule has 1 rings (SSSR count). The highest BCUT2D eigenvalue weighted by molar-refractivity contribution is 5.76. The zero-order chi connectivity index (χ0) is 15.2. The molecule has 0 aliphatic rings. The van der Waals surface area contributed by atoms with Crippen LogP contribution in [0.2, 0.25) is 0 Å². The van der Waals surface area contributed by atoms with Crippen LogP contribution in [0, 0.1) is 5.41 Å². The van der Waals surface area contributed by atoms with E-state index in [1.807, 2.05) is 26.0 Å². The molecule has 1 aromatic rings. The second-order valence-electron chi connectivity index (χ2n) is 6.12. The van der Waals surface area contributed by atoms with E-state index in [0.29, 0.717) is 25.8 Å². The molecule has 20 heavy (non-hydrogen) atoms. The van der Waals surface area contributed by atoms with Gasteiger partial charge in [0.05, 0.1) is 6.10 Å². The van der Waals surface area contributed by atoms with Crippen LogP contribution in [0.4, 0.5) is 0 Å². The van der Waals surface area contributed by atoms with Crippen molar-refractivity contribution in [3.63, 3.8) is 0 Å². The summed E-state index contributed by atoms with van der Waals surface area (Å²) in [6, 6.07) is 7.05. The first-order valence-electron chi connectivity index (χ1n) is 7.02. The lowest BCUT2D eigenvalue weighted by Gasteiger charge is -2.26.